The van der Waals surface area contributed by atoms with Crippen molar-refractivity contribution < 1.29 is 9.47 Å². The maximum Gasteiger partial charge on any atom is 0.191 e. The van der Waals surface area contributed by atoms with Gasteiger partial charge in [-0.1, -0.05) is 6.07 Å². The van der Waals surface area contributed by atoms with E-state index in [2.05, 4.69) is 33.9 Å². The van der Waals surface area contributed by atoms with Crippen LogP contribution in [0.1, 0.15) is 31.0 Å². The molecule has 0 atom stereocenters. The van der Waals surface area contributed by atoms with E-state index in [4.69, 9.17) is 19.5 Å². The number of benzene rings is 1. The van der Waals surface area contributed by atoms with Crippen molar-refractivity contribution in [2.75, 3.05) is 51.8 Å². The van der Waals surface area contributed by atoms with Gasteiger partial charge in [-0.25, -0.2) is 4.98 Å². The van der Waals surface area contributed by atoms with Crippen LogP contribution in [0.15, 0.2) is 28.6 Å². The van der Waals surface area contributed by atoms with Gasteiger partial charge in [-0.3, -0.25) is 4.99 Å². The predicted octanol–water partition coefficient (Wildman–Crippen LogP) is 3.10. The highest BCUT2D eigenvalue weighted by molar-refractivity contribution is 7.13. The highest BCUT2D eigenvalue weighted by atomic mass is 32.1. The number of rotatable bonds is 10. The van der Waals surface area contributed by atoms with E-state index in [-0.39, 0.29) is 0 Å². The van der Waals surface area contributed by atoms with E-state index in [0.29, 0.717) is 0 Å². The van der Waals surface area contributed by atoms with Crippen molar-refractivity contribution in [2.45, 2.75) is 32.6 Å². The topological polar surface area (TPSA) is 71.0 Å². The summed E-state index contributed by atoms with van der Waals surface area (Å²) in [5.41, 5.74) is 2.32. The molecule has 2 heterocycles. The SMILES string of the molecule is CCNC(=NCCc1csc(N2CCCC2)n1)NCCc1ccc(OC)c(OC)c1. The normalized spacial score (nSPS) is 14.1. The van der Waals surface area contributed by atoms with Crippen LogP contribution < -0.4 is 25.0 Å². The third-order valence-electron chi connectivity index (χ3n) is 5.05. The molecule has 164 valence electrons. The average molecular weight is 432 g/mol. The van der Waals surface area contributed by atoms with Crippen LogP contribution in [0, 0.1) is 0 Å². The first-order chi connectivity index (χ1) is 14.7. The van der Waals surface area contributed by atoms with Crippen molar-refractivity contribution in [1.82, 2.24) is 15.6 Å². The second-order valence-electron chi connectivity index (χ2n) is 7.19. The Balaban J connectivity index is 1.47. The predicted molar refractivity (Wildman–Crippen MR) is 124 cm³/mol. The van der Waals surface area contributed by atoms with Crippen LogP contribution in [-0.4, -0.2) is 57.9 Å². The fourth-order valence-corrected chi connectivity index (χ4v) is 4.36. The molecule has 8 heteroatoms. The molecule has 3 rings (SSSR count). The third-order valence-corrected chi connectivity index (χ3v) is 6.00. The van der Waals surface area contributed by atoms with Gasteiger partial charge in [0.1, 0.15) is 0 Å². The van der Waals surface area contributed by atoms with Gasteiger partial charge in [0.25, 0.3) is 0 Å². The monoisotopic (exact) mass is 431 g/mol. The first-order valence-corrected chi connectivity index (χ1v) is 11.5. The maximum atomic E-state index is 5.38. The lowest BCUT2D eigenvalue weighted by molar-refractivity contribution is 0.354. The molecule has 0 bridgehead atoms. The molecule has 0 spiro atoms. The van der Waals surface area contributed by atoms with E-state index >= 15 is 0 Å². The van der Waals surface area contributed by atoms with E-state index in [1.165, 1.54) is 18.4 Å². The second-order valence-corrected chi connectivity index (χ2v) is 8.03. The zero-order chi connectivity index (χ0) is 21.2. The Morgan fingerprint density at radius 3 is 2.67 bits per heavy atom. The Kier molecular flexibility index (Phi) is 8.62. The number of aliphatic imine (C=N–C) groups is 1. The van der Waals surface area contributed by atoms with Crippen molar-refractivity contribution in [1.29, 1.82) is 0 Å². The molecule has 0 aliphatic carbocycles. The summed E-state index contributed by atoms with van der Waals surface area (Å²) in [6.45, 7) is 6.69. The zero-order valence-corrected chi connectivity index (χ0v) is 19.1. The number of nitrogens with zero attached hydrogens (tertiary/aromatic N) is 3. The average Bonchev–Trinajstić information content (AvgIpc) is 3.45. The lowest BCUT2D eigenvalue weighted by Crippen LogP contribution is -2.38. The van der Waals surface area contributed by atoms with Gasteiger partial charge >= 0.3 is 0 Å². The van der Waals surface area contributed by atoms with Crippen molar-refractivity contribution in [3.05, 3.63) is 34.8 Å². The van der Waals surface area contributed by atoms with E-state index in [1.807, 2.05) is 12.1 Å². The summed E-state index contributed by atoms with van der Waals surface area (Å²) in [7, 11) is 3.31. The summed E-state index contributed by atoms with van der Waals surface area (Å²) in [4.78, 5) is 11.9. The number of hydrogen-bond donors (Lipinski definition) is 2. The summed E-state index contributed by atoms with van der Waals surface area (Å²) < 4.78 is 10.7. The molecule has 0 unspecified atom stereocenters. The fraction of sp³-hybridized carbons (Fsp3) is 0.545. The molecule has 1 aromatic carbocycles. The lowest BCUT2D eigenvalue weighted by Gasteiger charge is -2.13. The largest absolute Gasteiger partial charge is 0.493 e. The molecular weight excluding hydrogens is 398 g/mol. The molecule has 0 amide bonds. The quantitative estimate of drug-likeness (QED) is 0.445. The highest BCUT2D eigenvalue weighted by Crippen LogP contribution is 2.27. The summed E-state index contributed by atoms with van der Waals surface area (Å²) in [6.07, 6.45) is 4.28. The smallest absolute Gasteiger partial charge is 0.191 e. The standard InChI is InChI=1S/C22H33N5O2S/c1-4-23-21(24-11-9-17-7-8-19(28-2)20(15-17)29-3)25-12-10-18-16-30-22(26-18)27-13-5-6-14-27/h7-8,15-16H,4-6,9-14H2,1-3H3,(H2,23,24,25). The molecule has 1 aromatic heterocycles. The van der Waals surface area contributed by atoms with E-state index < -0.39 is 0 Å². The molecule has 0 radical (unpaired) electrons. The van der Waals surface area contributed by atoms with Crippen LogP contribution in [-0.2, 0) is 12.8 Å². The summed E-state index contributed by atoms with van der Waals surface area (Å²) in [5, 5.41) is 10.1. The fourth-order valence-electron chi connectivity index (χ4n) is 3.45. The molecule has 1 fully saturated rings. The van der Waals surface area contributed by atoms with Crippen molar-refractivity contribution in [3.8, 4) is 11.5 Å². The minimum absolute atomic E-state index is 0.717. The number of nitrogens with one attached hydrogen (secondary N) is 2. The molecule has 0 saturated carbocycles. The van der Waals surface area contributed by atoms with Crippen molar-refractivity contribution in [3.63, 3.8) is 0 Å². The second kappa shape index (κ2) is 11.6. The third kappa shape index (κ3) is 6.26. The highest BCUT2D eigenvalue weighted by Gasteiger charge is 2.15. The number of hydrogen-bond acceptors (Lipinski definition) is 6. The lowest BCUT2D eigenvalue weighted by atomic mass is 10.1. The summed E-state index contributed by atoms with van der Waals surface area (Å²) in [5.74, 6) is 2.35. The van der Waals surface area contributed by atoms with E-state index in [1.54, 1.807) is 25.6 Å². The number of ether oxygens (including phenoxy) is 2. The molecule has 2 N–H and O–H groups in total. The van der Waals surface area contributed by atoms with Crippen LogP contribution in [0.5, 0.6) is 11.5 Å². The summed E-state index contributed by atoms with van der Waals surface area (Å²) >= 11 is 1.75. The molecule has 7 nitrogen and oxygen atoms in total. The van der Waals surface area contributed by atoms with Gasteiger partial charge < -0.3 is 25.0 Å². The molecule has 1 aliphatic heterocycles. The molecule has 2 aromatic rings. The number of anilines is 1. The van der Waals surface area contributed by atoms with Gasteiger partial charge in [0.05, 0.1) is 19.9 Å². The van der Waals surface area contributed by atoms with Gasteiger partial charge in [-0.15, -0.1) is 11.3 Å². The minimum Gasteiger partial charge on any atom is -0.493 e. The van der Waals surface area contributed by atoms with Crippen molar-refractivity contribution in [2.24, 2.45) is 4.99 Å². The first kappa shape index (κ1) is 22.2. The van der Waals surface area contributed by atoms with E-state index in [0.717, 1.165) is 73.8 Å². The first-order valence-electron chi connectivity index (χ1n) is 10.7. The summed E-state index contributed by atoms with van der Waals surface area (Å²) in [6, 6.07) is 6.02. The van der Waals surface area contributed by atoms with Gasteiger partial charge in [0.2, 0.25) is 0 Å². The zero-order valence-electron chi connectivity index (χ0n) is 18.2. The molecule has 1 aliphatic rings. The molecule has 30 heavy (non-hydrogen) atoms. The number of aromatic nitrogens is 1. The van der Waals surface area contributed by atoms with E-state index in [9.17, 15) is 0 Å². The van der Waals surface area contributed by atoms with Gasteiger partial charge in [-0.05, 0) is 43.9 Å². The van der Waals surface area contributed by atoms with Crippen LogP contribution in [0.25, 0.3) is 0 Å². The van der Waals surface area contributed by atoms with Crippen LogP contribution in [0.2, 0.25) is 0 Å². The Labute approximate surface area is 183 Å². The van der Waals surface area contributed by atoms with Gasteiger partial charge in [0, 0.05) is 44.5 Å². The Morgan fingerprint density at radius 2 is 1.93 bits per heavy atom. The molecule has 1 saturated heterocycles. The van der Waals surface area contributed by atoms with Crippen LogP contribution in [0.4, 0.5) is 5.13 Å². The number of methoxy groups -OCH3 is 2. The van der Waals surface area contributed by atoms with Crippen molar-refractivity contribution >= 4 is 22.4 Å². The molecular formula is C22H33N5O2S. The van der Waals surface area contributed by atoms with Gasteiger partial charge in [0.15, 0.2) is 22.6 Å². The maximum absolute atomic E-state index is 5.38. The number of guanidine groups is 1. The minimum atomic E-state index is 0.717. The Bertz CT molecular complexity index is 818. The van der Waals surface area contributed by atoms with Crippen LogP contribution in [0.3, 0.4) is 0 Å². The Morgan fingerprint density at radius 1 is 1.13 bits per heavy atom. The van der Waals surface area contributed by atoms with Gasteiger partial charge in [-0.2, -0.15) is 0 Å². The Hall–Kier alpha value is -2.48. The number of thiazole rings is 1. The van der Waals surface area contributed by atoms with Crippen LogP contribution >= 0.6 is 11.3 Å².